The normalized spacial score (nSPS) is 11.2. The molecule has 0 bridgehead atoms. The predicted molar refractivity (Wildman–Crippen MR) is 129 cm³/mol. The quantitative estimate of drug-likeness (QED) is 0.293. The van der Waals surface area contributed by atoms with Crippen LogP contribution in [-0.2, 0) is 6.54 Å². The number of H-pyrrole nitrogens is 1. The third-order valence-corrected chi connectivity index (χ3v) is 5.90. The highest BCUT2D eigenvalue weighted by Gasteiger charge is 2.17. The number of benzene rings is 3. The first kappa shape index (κ1) is 19.8. The molecule has 2 N–H and O–H groups in total. The van der Waals surface area contributed by atoms with Gasteiger partial charge in [0.1, 0.15) is 5.69 Å². The van der Waals surface area contributed by atoms with Gasteiger partial charge in [-0.15, -0.1) is 0 Å². The zero-order chi connectivity index (χ0) is 21.4. The molecule has 2 aromatic heterocycles. The summed E-state index contributed by atoms with van der Waals surface area (Å²) in [4.78, 5) is 21.2. The number of carbonyl (C=O) groups is 1. The van der Waals surface area contributed by atoms with E-state index in [2.05, 4.69) is 26.2 Å². The van der Waals surface area contributed by atoms with Gasteiger partial charge in [-0.3, -0.25) is 4.79 Å². The zero-order valence-electron chi connectivity index (χ0n) is 16.3. The minimum atomic E-state index is -0.233. The van der Waals surface area contributed by atoms with Gasteiger partial charge >= 0.3 is 0 Å². The summed E-state index contributed by atoms with van der Waals surface area (Å²) in [5, 5.41) is 5.62. The molecule has 0 spiro atoms. The maximum Gasteiger partial charge on any atom is 0.270 e. The highest BCUT2D eigenvalue weighted by molar-refractivity contribution is 9.10. The van der Waals surface area contributed by atoms with Crippen LogP contribution in [0.25, 0.3) is 33.1 Å². The molecule has 0 atom stereocenters. The average molecular weight is 491 g/mol. The molecule has 0 aliphatic heterocycles. The molecule has 31 heavy (non-hydrogen) atoms. The van der Waals surface area contributed by atoms with E-state index in [1.165, 1.54) is 0 Å². The van der Waals surface area contributed by atoms with Crippen LogP contribution in [-0.4, -0.2) is 15.9 Å². The Hall–Kier alpha value is -3.15. The van der Waals surface area contributed by atoms with Crippen LogP contribution in [0, 0.1) is 0 Å². The van der Waals surface area contributed by atoms with Crippen LogP contribution < -0.4 is 5.32 Å². The van der Waals surface area contributed by atoms with Crippen LogP contribution in [0.4, 0.5) is 0 Å². The van der Waals surface area contributed by atoms with Crippen molar-refractivity contribution in [2.75, 3.05) is 0 Å². The van der Waals surface area contributed by atoms with E-state index < -0.39 is 0 Å². The van der Waals surface area contributed by atoms with E-state index in [9.17, 15) is 4.79 Å². The van der Waals surface area contributed by atoms with Gasteiger partial charge in [-0.1, -0.05) is 70.0 Å². The zero-order valence-corrected chi connectivity index (χ0v) is 18.7. The molecule has 0 fully saturated rings. The number of nitrogens with zero attached hydrogens (tertiary/aromatic N) is 1. The predicted octanol–water partition coefficient (Wildman–Crippen LogP) is 6.73. The molecule has 5 aromatic rings. The van der Waals surface area contributed by atoms with Crippen LogP contribution in [0.3, 0.4) is 0 Å². The second kappa shape index (κ2) is 8.17. The first-order chi connectivity index (χ1) is 15.1. The molecule has 0 saturated carbocycles. The van der Waals surface area contributed by atoms with Gasteiger partial charge in [0.25, 0.3) is 5.91 Å². The Balaban J connectivity index is 1.61. The summed E-state index contributed by atoms with van der Waals surface area (Å²) in [6.07, 6.45) is 0. The number of amides is 1. The van der Waals surface area contributed by atoms with Gasteiger partial charge in [0, 0.05) is 37.9 Å². The average Bonchev–Trinajstić information content (AvgIpc) is 3.15. The number of nitrogens with one attached hydrogen (secondary N) is 2. The first-order valence-electron chi connectivity index (χ1n) is 9.78. The molecule has 6 heteroatoms. The van der Waals surface area contributed by atoms with Crippen LogP contribution in [0.1, 0.15) is 16.1 Å². The summed E-state index contributed by atoms with van der Waals surface area (Å²) in [6, 6.07) is 25.3. The molecular weight excluding hydrogens is 474 g/mol. The summed E-state index contributed by atoms with van der Waals surface area (Å²) in [5.41, 5.74) is 4.88. The fourth-order valence-corrected chi connectivity index (χ4v) is 4.34. The number of aromatic nitrogens is 2. The highest BCUT2D eigenvalue weighted by Crippen LogP contribution is 2.33. The van der Waals surface area contributed by atoms with E-state index in [1.54, 1.807) is 0 Å². The molecule has 152 valence electrons. The lowest BCUT2D eigenvalue weighted by molar-refractivity contribution is 0.0946. The Bertz CT molecular complexity index is 1440. The molecule has 5 rings (SSSR count). The topological polar surface area (TPSA) is 57.8 Å². The molecule has 3 aromatic carbocycles. The van der Waals surface area contributed by atoms with Gasteiger partial charge in [-0.25, -0.2) is 4.98 Å². The van der Waals surface area contributed by atoms with Gasteiger partial charge < -0.3 is 10.3 Å². The second-order valence-electron chi connectivity index (χ2n) is 7.27. The van der Waals surface area contributed by atoms with Crippen molar-refractivity contribution in [3.8, 4) is 11.3 Å². The lowest BCUT2D eigenvalue weighted by Crippen LogP contribution is -2.24. The summed E-state index contributed by atoms with van der Waals surface area (Å²) >= 11 is 9.59. The van der Waals surface area contributed by atoms with Crippen molar-refractivity contribution >= 4 is 55.2 Å². The van der Waals surface area contributed by atoms with Crippen molar-refractivity contribution in [1.82, 2.24) is 15.3 Å². The van der Waals surface area contributed by atoms with Crippen molar-refractivity contribution in [2.45, 2.75) is 6.54 Å². The van der Waals surface area contributed by atoms with E-state index in [0.29, 0.717) is 17.3 Å². The number of fused-ring (bicyclic) bond motifs is 3. The molecule has 2 heterocycles. The molecule has 0 saturated heterocycles. The number of pyridine rings is 1. The third kappa shape index (κ3) is 3.94. The van der Waals surface area contributed by atoms with Gasteiger partial charge in [0.15, 0.2) is 0 Å². The second-order valence-corrected chi connectivity index (χ2v) is 8.62. The first-order valence-corrected chi connectivity index (χ1v) is 11.0. The molecule has 1 amide bonds. The number of aromatic amines is 1. The Morgan fingerprint density at radius 3 is 2.65 bits per heavy atom. The maximum atomic E-state index is 13.0. The van der Waals surface area contributed by atoms with Crippen molar-refractivity contribution < 1.29 is 4.79 Å². The van der Waals surface area contributed by atoms with Gasteiger partial charge in [0.05, 0.1) is 11.2 Å². The van der Waals surface area contributed by atoms with Gasteiger partial charge in [-0.2, -0.15) is 0 Å². The number of halogens is 2. The maximum absolute atomic E-state index is 13.0. The molecule has 0 aliphatic carbocycles. The lowest BCUT2D eigenvalue weighted by atomic mass is 10.1. The van der Waals surface area contributed by atoms with Crippen molar-refractivity contribution in [3.05, 3.63) is 99.6 Å². The van der Waals surface area contributed by atoms with Gasteiger partial charge in [0.2, 0.25) is 0 Å². The SMILES string of the molecule is O=C(NCc1cccc(Cl)c1)c1cc2c([nH]c3ccccc32)c(-c2cccc(Br)c2)n1. The lowest BCUT2D eigenvalue weighted by Gasteiger charge is -2.09. The molecule has 4 nitrogen and oxygen atoms in total. The Kier molecular flexibility index (Phi) is 5.22. The van der Waals surface area contributed by atoms with Crippen LogP contribution in [0.2, 0.25) is 5.02 Å². The van der Waals surface area contributed by atoms with Crippen molar-refractivity contribution in [1.29, 1.82) is 0 Å². The number of rotatable bonds is 4. The van der Waals surface area contributed by atoms with E-state index in [0.717, 1.165) is 43.1 Å². The van der Waals surface area contributed by atoms with Crippen molar-refractivity contribution in [2.24, 2.45) is 0 Å². The van der Waals surface area contributed by atoms with Crippen molar-refractivity contribution in [3.63, 3.8) is 0 Å². The Labute approximate surface area is 192 Å². The number of hydrogen-bond donors (Lipinski definition) is 2. The summed E-state index contributed by atoms with van der Waals surface area (Å²) in [7, 11) is 0. The summed E-state index contributed by atoms with van der Waals surface area (Å²) in [5.74, 6) is -0.233. The molecule has 0 aliphatic rings. The van der Waals surface area contributed by atoms with E-state index >= 15 is 0 Å². The number of para-hydroxylation sites is 1. The minimum absolute atomic E-state index is 0.233. The Morgan fingerprint density at radius 1 is 0.968 bits per heavy atom. The van der Waals surface area contributed by atoms with Gasteiger partial charge in [-0.05, 0) is 42.0 Å². The molecule has 0 unspecified atom stereocenters. The fraction of sp³-hybridized carbons (Fsp3) is 0.0400. The highest BCUT2D eigenvalue weighted by atomic mass is 79.9. The standard InChI is InChI=1S/C25H17BrClN3O/c26-17-7-4-6-16(12-17)23-24-20(19-9-1-2-10-21(19)29-24)13-22(30-23)25(31)28-14-15-5-3-8-18(27)11-15/h1-13,29H,14H2,(H,28,31). The monoisotopic (exact) mass is 489 g/mol. The van der Waals surface area contributed by atoms with Crippen LogP contribution in [0.15, 0.2) is 83.3 Å². The summed E-state index contributed by atoms with van der Waals surface area (Å²) < 4.78 is 0.951. The minimum Gasteiger partial charge on any atom is -0.353 e. The summed E-state index contributed by atoms with van der Waals surface area (Å²) in [6.45, 7) is 0.374. The van der Waals surface area contributed by atoms with E-state index in [-0.39, 0.29) is 5.91 Å². The van der Waals surface area contributed by atoms with E-state index in [1.807, 2.05) is 78.9 Å². The van der Waals surface area contributed by atoms with Crippen LogP contribution >= 0.6 is 27.5 Å². The number of hydrogen-bond acceptors (Lipinski definition) is 2. The largest absolute Gasteiger partial charge is 0.353 e. The molecule has 0 radical (unpaired) electrons. The third-order valence-electron chi connectivity index (χ3n) is 5.17. The van der Waals surface area contributed by atoms with Crippen LogP contribution in [0.5, 0.6) is 0 Å². The number of carbonyl (C=O) groups excluding carboxylic acids is 1. The Morgan fingerprint density at radius 2 is 1.81 bits per heavy atom. The smallest absolute Gasteiger partial charge is 0.270 e. The van der Waals surface area contributed by atoms with E-state index in [4.69, 9.17) is 16.6 Å². The molecular formula is C25H17BrClN3O. The fourth-order valence-electron chi connectivity index (χ4n) is 3.73.